The van der Waals surface area contributed by atoms with Crippen LogP contribution >= 0.6 is 0 Å². The first-order valence-electron chi connectivity index (χ1n) is 6.12. The van der Waals surface area contributed by atoms with E-state index in [-0.39, 0.29) is 18.6 Å². The average molecular weight is 231 g/mol. The van der Waals surface area contributed by atoms with Crippen LogP contribution in [0.2, 0.25) is 0 Å². The Bertz CT molecular complexity index is 172. The molecule has 0 fully saturated rings. The van der Waals surface area contributed by atoms with E-state index < -0.39 is 0 Å². The number of amides is 1. The van der Waals surface area contributed by atoms with Crippen molar-refractivity contribution in [3.8, 4) is 0 Å². The first kappa shape index (κ1) is 15.4. The van der Waals surface area contributed by atoms with E-state index >= 15 is 0 Å². The molecule has 0 heterocycles. The second-order valence-electron chi connectivity index (χ2n) is 4.03. The van der Waals surface area contributed by atoms with Crippen molar-refractivity contribution in [1.29, 1.82) is 0 Å². The van der Waals surface area contributed by atoms with Crippen molar-refractivity contribution in [1.82, 2.24) is 5.32 Å². The highest BCUT2D eigenvalue weighted by Crippen LogP contribution is 1.93. The maximum Gasteiger partial charge on any atom is 0.245 e. The van der Waals surface area contributed by atoms with Gasteiger partial charge in [0, 0.05) is 19.8 Å². The Kier molecular flexibility index (Phi) is 10.5. The fourth-order valence-corrected chi connectivity index (χ4v) is 1.13. The van der Waals surface area contributed by atoms with Crippen LogP contribution in [0.25, 0.3) is 0 Å². The van der Waals surface area contributed by atoms with Crippen molar-refractivity contribution < 1.29 is 14.3 Å². The number of ether oxygens (including phenoxy) is 2. The average Bonchev–Trinajstić information content (AvgIpc) is 2.23. The Morgan fingerprint density at radius 1 is 1.25 bits per heavy atom. The lowest BCUT2D eigenvalue weighted by atomic mass is 10.3. The van der Waals surface area contributed by atoms with Crippen molar-refractivity contribution in [2.24, 2.45) is 0 Å². The highest BCUT2D eigenvalue weighted by Gasteiger charge is 1.99. The summed E-state index contributed by atoms with van der Waals surface area (Å²) in [5.41, 5.74) is 0. The zero-order valence-corrected chi connectivity index (χ0v) is 10.8. The maximum atomic E-state index is 11.2. The van der Waals surface area contributed by atoms with Gasteiger partial charge in [-0.15, -0.1) is 0 Å². The van der Waals surface area contributed by atoms with Crippen LogP contribution in [-0.2, 0) is 14.3 Å². The van der Waals surface area contributed by atoms with E-state index in [1.807, 2.05) is 20.8 Å². The van der Waals surface area contributed by atoms with Gasteiger partial charge in [0.1, 0.15) is 6.61 Å². The van der Waals surface area contributed by atoms with E-state index in [1.54, 1.807) is 0 Å². The molecule has 0 aromatic heterocycles. The number of hydrogen-bond acceptors (Lipinski definition) is 3. The fourth-order valence-electron chi connectivity index (χ4n) is 1.13. The van der Waals surface area contributed by atoms with Crippen LogP contribution < -0.4 is 5.32 Å². The molecular weight excluding hydrogens is 206 g/mol. The Morgan fingerprint density at radius 2 is 2.00 bits per heavy atom. The quantitative estimate of drug-likeness (QED) is 0.582. The molecule has 0 aliphatic heterocycles. The molecule has 0 aromatic rings. The summed E-state index contributed by atoms with van der Waals surface area (Å²) in [6.45, 7) is 8.36. The van der Waals surface area contributed by atoms with Crippen LogP contribution in [0.15, 0.2) is 0 Å². The Morgan fingerprint density at radius 3 is 2.62 bits per heavy atom. The number of nitrogens with one attached hydrogen (secondary N) is 1. The van der Waals surface area contributed by atoms with Gasteiger partial charge < -0.3 is 14.8 Å². The summed E-state index contributed by atoms with van der Waals surface area (Å²) >= 11 is 0. The van der Waals surface area contributed by atoms with Crippen molar-refractivity contribution in [2.45, 2.75) is 46.1 Å². The predicted molar refractivity (Wildman–Crippen MR) is 64.4 cm³/mol. The molecule has 0 bridgehead atoms. The normalized spacial score (nSPS) is 10.8. The van der Waals surface area contributed by atoms with Crippen LogP contribution in [-0.4, -0.2) is 38.4 Å². The molecule has 1 N–H and O–H groups in total. The molecule has 0 saturated heterocycles. The molecule has 0 rings (SSSR count). The summed E-state index contributed by atoms with van der Waals surface area (Å²) in [6.07, 6.45) is 3.16. The third kappa shape index (κ3) is 11.5. The van der Waals surface area contributed by atoms with Crippen LogP contribution in [0.1, 0.15) is 40.0 Å². The topological polar surface area (TPSA) is 47.6 Å². The summed E-state index contributed by atoms with van der Waals surface area (Å²) in [5, 5.41) is 2.81. The monoisotopic (exact) mass is 231 g/mol. The molecule has 0 aromatic carbocycles. The molecule has 4 heteroatoms. The van der Waals surface area contributed by atoms with Crippen LogP contribution in [0.4, 0.5) is 0 Å². The molecule has 0 radical (unpaired) electrons. The van der Waals surface area contributed by atoms with Gasteiger partial charge in [-0.3, -0.25) is 4.79 Å². The van der Waals surface area contributed by atoms with Crippen molar-refractivity contribution in [3.05, 3.63) is 0 Å². The van der Waals surface area contributed by atoms with Crippen LogP contribution in [0.5, 0.6) is 0 Å². The van der Waals surface area contributed by atoms with Crippen molar-refractivity contribution >= 4 is 5.91 Å². The molecular formula is C12H25NO3. The Hall–Kier alpha value is -0.610. The summed E-state index contributed by atoms with van der Waals surface area (Å²) in [4.78, 5) is 11.2. The van der Waals surface area contributed by atoms with Gasteiger partial charge in [0.25, 0.3) is 0 Å². The van der Waals surface area contributed by atoms with E-state index in [4.69, 9.17) is 9.47 Å². The number of hydrogen-bond donors (Lipinski definition) is 1. The summed E-state index contributed by atoms with van der Waals surface area (Å²) in [6, 6.07) is 0. The molecule has 96 valence electrons. The molecule has 16 heavy (non-hydrogen) atoms. The fraction of sp³-hybridized carbons (Fsp3) is 0.917. The molecule has 0 saturated carbocycles. The molecule has 4 nitrogen and oxygen atoms in total. The van der Waals surface area contributed by atoms with E-state index in [0.717, 1.165) is 25.9 Å². The highest BCUT2D eigenvalue weighted by molar-refractivity contribution is 5.77. The molecule has 0 unspecified atom stereocenters. The smallest absolute Gasteiger partial charge is 0.245 e. The molecule has 0 aliphatic carbocycles. The Labute approximate surface area is 98.7 Å². The first-order chi connectivity index (χ1) is 7.66. The number of carbonyl (C=O) groups excluding carboxylic acids is 1. The largest absolute Gasteiger partial charge is 0.379 e. The number of unbranched alkanes of at least 4 members (excludes halogenated alkanes) is 1. The predicted octanol–water partition coefficient (Wildman–Crippen LogP) is 1.73. The minimum Gasteiger partial charge on any atom is -0.379 e. The zero-order valence-electron chi connectivity index (χ0n) is 10.8. The van der Waals surface area contributed by atoms with Crippen LogP contribution in [0, 0.1) is 0 Å². The maximum absolute atomic E-state index is 11.2. The molecule has 0 atom stereocenters. The van der Waals surface area contributed by atoms with Gasteiger partial charge in [-0.05, 0) is 33.1 Å². The van der Waals surface area contributed by atoms with Crippen molar-refractivity contribution in [3.63, 3.8) is 0 Å². The SMILES string of the molecule is CCCOCC(=O)NCCCCOC(C)C. The van der Waals surface area contributed by atoms with Gasteiger partial charge in [-0.1, -0.05) is 6.92 Å². The minimum atomic E-state index is -0.0294. The zero-order chi connectivity index (χ0) is 12.2. The summed E-state index contributed by atoms with van der Waals surface area (Å²) < 4.78 is 10.5. The minimum absolute atomic E-state index is 0.0294. The van der Waals surface area contributed by atoms with Crippen LogP contribution in [0.3, 0.4) is 0 Å². The molecule has 1 amide bonds. The lowest BCUT2D eigenvalue weighted by Gasteiger charge is -2.08. The number of rotatable bonds is 10. The lowest BCUT2D eigenvalue weighted by Crippen LogP contribution is -2.28. The van der Waals surface area contributed by atoms with E-state index in [9.17, 15) is 4.79 Å². The second kappa shape index (κ2) is 10.9. The third-order valence-electron chi connectivity index (χ3n) is 1.93. The van der Waals surface area contributed by atoms with Gasteiger partial charge in [-0.25, -0.2) is 0 Å². The first-order valence-corrected chi connectivity index (χ1v) is 6.12. The summed E-state index contributed by atoms with van der Waals surface area (Å²) in [5.74, 6) is -0.0294. The molecule has 0 aliphatic rings. The van der Waals surface area contributed by atoms with Gasteiger partial charge in [0.15, 0.2) is 0 Å². The summed E-state index contributed by atoms with van der Waals surface area (Å²) in [7, 11) is 0. The standard InChI is InChI=1S/C12H25NO3/c1-4-8-15-10-12(14)13-7-5-6-9-16-11(2)3/h11H,4-10H2,1-3H3,(H,13,14). The highest BCUT2D eigenvalue weighted by atomic mass is 16.5. The lowest BCUT2D eigenvalue weighted by molar-refractivity contribution is -0.125. The van der Waals surface area contributed by atoms with E-state index in [0.29, 0.717) is 13.2 Å². The van der Waals surface area contributed by atoms with Gasteiger partial charge in [0.2, 0.25) is 5.91 Å². The van der Waals surface area contributed by atoms with E-state index in [2.05, 4.69) is 5.32 Å². The van der Waals surface area contributed by atoms with Gasteiger partial charge in [-0.2, -0.15) is 0 Å². The molecule has 0 spiro atoms. The number of carbonyl (C=O) groups is 1. The van der Waals surface area contributed by atoms with Gasteiger partial charge in [0.05, 0.1) is 6.10 Å². The van der Waals surface area contributed by atoms with Crippen molar-refractivity contribution in [2.75, 3.05) is 26.4 Å². The van der Waals surface area contributed by atoms with E-state index in [1.165, 1.54) is 0 Å². The second-order valence-corrected chi connectivity index (χ2v) is 4.03. The Balaban J connectivity index is 3.15. The van der Waals surface area contributed by atoms with Gasteiger partial charge >= 0.3 is 0 Å². The third-order valence-corrected chi connectivity index (χ3v) is 1.93.